The second kappa shape index (κ2) is 5.36. The van der Waals surface area contributed by atoms with Gasteiger partial charge in [0, 0.05) is 19.4 Å². The van der Waals surface area contributed by atoms with E-state index in [0.717, 1.165) is 12.2 Å². The van der Waals surface area contributed by atoms with Gasteiger partial charge in [-0.3, -0.25) is 0 Å². The zero-order valence-electron chi connectivity index (χ0n) is 11.6. The smallest absolute Gasteiger partial charge is 0.125 e. The highest BCUT2D eigenvalue weighted by Gasteiger charge is 2.15. The maximum absolute atomic E-state index is 4.44. The zero-order valence-corrected chi connectivity index (χ0v) is 11.6. The first-order chi connectivity index (χ1) is 8.61. The number of hydrogen-bond acceptors (Lipinski definition) is 2. The summed E-state index contributed by atoms with van der Waals surface area (Å²) in [7, 11) is 4.03. The fourth-order valence-corrected chi connectivity index (χ4v) is 2.28. The highest BCUT2D eigenvalue weighted by atomic mass is 15.1. The lowest BCUT2D eigenvalue weighted by atomic mass is 9.98. The summed E-state index contributed by atoms with van der Waals surface area (Å²) in [5, 5.41) is 3.36. The van der Waals surface area contributed by atoms with E-state index in [-0.39, 0.29) is 6.04 Å². The van der Waals surface area contributed by atoms with Gasteiger partial charge < -0.3 is 9.88 Å². The number of imidazole rings is 1. The molecule has 2 rings (SSSR count). The molecule has 3 heteroatoms. The number of benzene rings is 1. The molecule has 3 nitrogen and oxygen atoms in total. The van der Waals surface area contributed by atoms with Crippen molar-refractivity contribution in [3.8, 4) is 0 Å². The molecule has 1 unspecified atom stereocenters. The quantitative estimate of drug-likeness (QED) is 0.894. The lowest BCUT2D eigenvalue weighted by Gasteiger charge is -2.17. The minimum Gasteiger partial charge on any atom is -0.337 e. The van der Waals surface area contributed by atoms with Gasteiger partial charge in [0.15, 0.2) is 0 Å². The monoisotopic (exact) mass is 243 g/mol. The Balaban J connectivity index is 2.26. The van der Waals surface area contributed by atoms with Crippen LogP contribution in [0.25, 0.3) is 0 Å². The van der Waals surface area contributed by atoms with Crippen LogP contribution in [-0.2, 0) is 13.5 Å². The first-order valence-electron chi connectivity index (χ1n) is 6.32. The number of nitrogens with zero attached hydrogens (tertiary/aromatic N) is 2. The van der Waals surface area contributed by atoms with Gasteiger partial charge in [-0.1, -0.05) is 23.8 Å². The Morgan fingerprint density at radius 2 is 2.11 bits per heavy atom. The van der Waals surface area contributed by atoms with Crippen molar-refractivity contribution in [2.24, 2.45) is 7.05 Å². The molecule has 0 saturated heterocycles. The van der Waals surface area contributed by atoms with E-state index in [1.165, 1.54) is 16.7 Å². The highest BCUT2D eigenvalue weighted by Crippen LogP contribution is 2.19. The third-order valence-electron chi connectivity index (χ3n) is 3.45. The van der Waals surface area contributed by atoms with Gasteiger partial charge in [0.2, 0.25) is 0 Å². The predicted octanol–water partition coefficient (Wildman–Crippen LogP) is 2.54. The lowest BCUT2D eigenvalue weighted by molar-refractivity contribution is 0.537. The Bertz CT molecular complexity index is 528. The van der Waals surface area contributed by atoms with E-state index < -0.39 is 0 Å². The van der Waals surface area contributed by atoms with E-state index >= 15 is 0 Å². The van der Waals surface area contributed by atoms with Crippen molar-refractivity contribution in [2.45, 2.75) is 26.3 Å². The van der Waals surface area contributed by atoms with E-state index in [1.807, 2.05) is 26.5 Å². The van der Waals surface area contributed by atoms with E-state index in [1.54, 1.807) is 0 Å². The Morgan fingerprint density at radius 1 is 1.33 bits per heavy atom. The van der Waals surface area contributed by atoms with Crippen molar-refractivity contribution in [3.63, 3.8) is 0 Å². The Kier molecular flexibility index (Phi) is 3.82. The highest BCUT2D eigenvalue weighted by molar-refractivity contribution is 5.31. The Labute approximate surface area is 109 Å². The van der Waals surface area contributed by atoms with Gasteiger partial charge in [0.05, 0.1) is 6.04 Å². The van der Waals surface area contributed by atoms with E-state index in [9.17, 15) is 0 Å². The zero-order chi connectivity index (χ0) is 13.1. The molecule has 0 radical (unpaired) electrons. The fraction of sp³-hybridized carbons (Fsp3) is 0.400. The molecular weight excluding hydrogens is 222 g/mol. The molecule has 1 aromatic carbocycles. The Hall–Kier alpha value is -1.61. The van der Waals surface area contributed by atoms with Crippen LogP contribution in [-0.4, -0.2) is 16.6 Å². The van der Waals surface area contributed by atoms with Crippen LogP contribution in [0, 0.1) is 13.8 Å². The lowest BCUT2D eigenvalue weighted by Crippen LogP contribution is -2.22. The van der Waals surface area contributed by atoms with Crippen LogP contribution in [0.5, 0.6) is 0 Å². The first kappa shape index (κ1) is 12.8. The van der Waals surface area contributed by atoms with Gasteiger partial charge in [0.25, 0.3) is 0 Å². The molecule has 96 valence electrons. The van der Waals surface area contributed by atoms with E-state index in [2.05, 4.69) is 46.9 Å². The third-order valence-corrected chi connectivity index (χ3v) is 3.45. The summed E-state index contributed by atoms with van der Waals surface area (Å²) in [6.07, 6.45) is 4.81. The average molecular weight is 243 g/mol. The summed E-state index contributed by atoms with van der Waals surface area (Å²) in [5.74, 6) is 1.08. The molecule has 18 heavy (non-hydrogen) atoms. The van der Waals surface area contributed by atoms with Gasteiger partial charge in [-0.15, -0.1) is 0 Å². The van der Waals surface area contributed by atoms with Gasteiger partial charge in [-0.25, -0.2) is 4.98 Å². The van der Waals surface area contributed by atoms with E-state index in [0.29, 0.717) is 0 Å². The second-order valence-electron chi connectivity index (χ2n) is 4.87. The first-order valence-corrected chi connectivity index (χ1v) is 6.32. The van der Waals surface area contributed by atoms with Crippen molar-refractivity contribution in [2.75, 3.05) is 7.05 Å². The van der Waals surface area contributed by atoms with Crippen molar-refractivity contribution in [1.29, 1.82) is 0 Å². The molecule has 0 amide bonds. The molecule has 1 N–H and O–H groups in total. The number of rotatable bonds is 4. The molecule has 0 aliphatic rings. The number of aromatic nitrogens is 2. The third kappa shape index (κ3) is 2.62. The summed E-state index contributed by atoms with van der Waals surface area (Å²) in [6, 6.07) is 6.87. The molecule has 1 atom stereocenters. The molecule has 0 spiro atoms. The van der Waals surface area contributed by atoms with Crippen molar-refractivity contribution in [3.05, 3.63) is 53.1 Å². The van der Waals surface area contributed by atoms with Crippen LogP contribution in [0.15, 0.2) is 30.6 Å². The van der Waals surface area contributed by atoms with E-state index in [4.69, 9.17) is 0 Å². The topological polar surface area (TPSA) is 29.9 Å². The van der Waals surface area contributed by atoms with Crippen molar-refractivity contribution < 1.29 is 0 Å². The summed E-state index contributed by atoms with van der Waals surface area (Å²) in [4.78, 5) is 4.44. The second-order valence-corrected chi connectivity index (χ2v) is 4.87. The van der Waals surface area contributed by atoms with Gasteiger partial charge in [-0.2, -0.15) is 0 Å². The molecule has 2 aromatic rings. The fourth-order valence-electron chi connectivity index (χ4n) is 2.28. The predicted molar refractivity (Wildman–Crippen MR) is 74.6 cm³/mol. The maximum Gasteiger partial charge on any atom is 0.125 e. The molecule has 1 aromatic heterocycles. The van der Waals surface area contributed by atoms with Gasteiger partial charge in [-0.05, 0) is 38.4 Å². The van der Waals surface area contributed by atoms with Crippen LogP contribution in [0.3, 0.4) is 0 Å². The van der Waals surface area contributed by atoms with Crippen LogP contribution < -0.4 is 5.32 Å². The maximum atomic E-state index is 4.44. The van der Waals surface area contributed by atoms with Gasteiger partial charge >= 0.3 is 0 Å². The number of nitrogens with one attached hydrogen (secondary N) is 1. The number of likely N-dealkylation sites (N-methyl/N-ethyl adjacent to an activating group) is 1. The number of aryl methyl sites for hydroxylation is 3. The van der Waals surface area contributed by atoms with Crippen LogP contribution >= 0.6 is 0 Å². The molecule has 0 aliphatic carbocycles. The molecule has 0 bridgehead atoms. The van der Waals surface area contributed by atoms with Crippen molar-refractivity contribution >= 4 is 0 Å². The molecular formula is C15H21N3. The average Bonchev–Trinajstić information content (AvgIpc) is 2.77. The SMILES string of the molecule is CNC(Cc1cc(C)ccc1C)c1nccn1C. The molecule has 0 aliphatic heterocycles. The largest absolute Gasteiger partial charge is 0.337 e. The van der Waals surface area contributed by atoms with Crippen LogP contribution in [0.1, 0.15) is 28.6 Å². The molecule has 0 fully saturated rings. The summed E-state index contributed by atoms with van der Waals surface area (Å²) >= 11 is 0. The minimum atomic E-state index is 0.255. The summed E-state index contributed by atoms with van der Waals surface area (Å²) in [6.45, 7) is 4.30. The van der Waals surface area contributed by atoms with Crippen LogP contribution in [0.2, 0.25) is 0 Å². The Morgan fingerprint density at radius 3 is 2.72 bits per heavy atom. The summed E-state index contributed by atoms with van der Waals surface area (Å²) in [5.41, 5.74) is 4.04. The molecule has 0 saturated carbocycles. The van der Waals surface area contributed by atoms with Crippen molar-refractivity contribution in [1.82, 2.24) is 14.9 Å². The molecule has 1 heterocycles. The standard InChI is InChI=1S/C15H21N3/c1-11-5-6-12(2)13(9-11)10-14(16-3)15-17-7-8-18(15)4/h5-9,14,16H,10H2,1-4H3. The normalized spacial score (nSPS) is 12.7. The summed E-state index contributed by atoms with van der Waals surface area (Å²) < 4.78 is 2.08. The number of hydrogen-bond donors (Lipinski definition) is 1. The van der Waals surface area contributed by atoms with Crippen LogP contribution in [0.4, 0.5) is 0 Å². The minimum absolute atomic E-state index is 0.255. The van der Waals surface area contributed by atoms with Gasteiger partial charge in [0.1, 0.15) is 5.82 Å².